The topological polar surface area (TPSA) is 43.4 Å². The Morgan fingerprint density at radius 3 is 2.15 bits per heavy atom. The monoisotopic (exact) mass is 206 g/mol. The second kappa shape index (κ2) is 3.96. The molecule has 4 heteroatoms. The van der Waals surface area contributed by atoms with Crippen LogP contribution in [0.4, 0.5) is 0 Å². The average Bonchev–Trinajstić information content (AvgIpc) is 1.93. The van der Waals surface area contributed by atoms with Crippen LogP contribution < -0.4 is 0 Å². The molecule has 0 radical (unpaired) electrons. The second-order valence-corrected chi connectivity index (χ2v) is 6.33. The van der Waals surface area contributed by atoms with E-state index in [1.54, 1.807) is 14.0 Å². The van der Waals surface area contributed by atoms with Crippen LogP contribution >= 0.6 is 0 Å². The third-order valence-electron chi connectivity index (χ3n) is 3.02. The quantitative estimate of drug-likeness (QED) is 0.695. The van der Waals surface area contributed by atoms with Crippen LogP contribution in [0.25, 0.3) is 0 Å². The minimum absolute atomic E-state index is 0.108. The van der Waals surface area contributed by atoms with E-state index >= 15 is 0 Å². The second-order valence-electron chi connectivity index (χ2n) is 3.93. The zero-order valence-corrected chi connectivity index (χ0v) is 9.30. The zero-order chi connectivity index (χ0) is 10.1. The van der Waals surface area contributed by atoms with E-state index in [0.29, 0.717) is 5.92 Å². The fourth-order valence-corrected chi connectivity index (χ4v) is 2.60. The highest BCUT2D eigenvalue weighted by Crippen LogP contribution is 2.33. The Morgan fingerprint density at radius 1 is 1.38 bits per heavy atom. The Kier molecular flexibility index (Phi) is 3.35. The van der Waals surface area contributed by atoms with Crippen molar-refractivity contribution in [3.8, 4) is 0 Å². The first-order valence-electron chi connectivity index (χ1n) is 4.68. The van der Waals surface area contributed by atoms with Crippen LogP contribution in [0.15, 0.2) is 0 Å². The third-order valence-corrected chi connectivity index (χ3v) is 4.64. The number of hydrogen-bond donors (Lipinski definition) is 0. The summed E-state index contributed by atoms with van der Waals surface area (Å²) in [6, 6.07) is 0. The molecular formula is C9H18O3S. The molecule has 0 aliphatic heterocycles. The van der Waals surface area contributed by atoms with Crippen molar-refractivity contribution < 1.29 is 13.2 Å². The first-order valence-corrected chi connectivity index (χ1v) is 6.64. The maximum absolute atomic E-state index is 11.3. The molecule has 78 valence electrons. The molecule has 0 bridgehead atoms. The van der Waals surface area contributed by atoms with Crippen LogP contribution in [0, 0.1) is 5.92 Å². The van der Waals surface area contributed by atoms with Gasteiger partial charge in [0.2, 0.25) is 0 Å². The molecule has 0 aromatic rings. The van der Waals surface area contributed by atoms with Crippen molar-refractivity contribution >= 4 is 9.84 Å². The molecule has 0 aromatic heterocycles. The smallest absolute Gasteiger partial charge is 0.152 e. The third kappa shape index (κ3) is 2.44. The van der Waals surface area contributed by atoms with Gasteiger partial charge in [0.1, 0.15) is 0 Å². The van der Waals surface area contributed by atoms with Crippen LogP contribution in [-0.2, 0) is 14.6 Å². The molecule has 0 saturated heterocycles. The Labute approximate surface area is 80.4 Å². The van der Waals surface area contributed by atoms with Crippen LogP contribution in [-0.4, -0.2) is 33.1 Å². The maximum atomic E-state index is 11.3. The number of ether oxygens (including phenoxy) is 1. The minimum Gasteiger partial charge on any atom is -0.380 e. The molecule has 0 unspecified atom stereocenters. The van der Waals surface area contributed by atoms with Crippen LogP contribution in [0.3, 0.4) is 0 Å². The predicted molar refractivity (Wildman–Crippen MR) is 52.4 cm³/mol. The minimum atomic E-state index is -2.96. The standard InChI is InChI=1S/C9H18O3S/c1-7(13(3,10)11)9(12-2)8-5-4-6-8/h7-9H,4-6H2,1-3H3/t7-,9-/m1/s1. The van der Waals surface area contributed by atoms with Gasteiger partial charge in [-0.15, -0.1) is 0 Å². The molecule has 2 atom stereocenters. The van der Waals surface area contributed by atoms with E-state index in [4.69, 9.17) is 4.74 Å². The molecule has 1 aliphatic carbocycles. The van der Waals surface area contributed by atoms with E-state index in [9.17, 15) is 8.42 Å². The van der Waals surface area contributed by atoms with E-state index in [-0.39, 0.29) is 11.4 Å². The lowest BCUT2D eigenvalue weighted by Crippen LogP contribution is -2.41. The SMILES string of the molecule is CO[C@@H](C1CCC1)[C@@H](C)S(C)(=O)=O. The Bertz CT molecular complexity index is 254. The van der Waals surface area contributed by atoms with Crippen molar-refractivity contribution in [3.63, 3.8) is 0 Å². The molecule has 3 nitrogen and oxygen atoms in total. The Morgan fingerprint density at radius 2 is 1.92 bits per heavy atom. The van der Waals surface area contributed by atoms with E-state index in [0.717, 1.165) is 12.8 Å². The summed E-state index contributed by atoms with van der Waals surface area (Å²) in [4.78, 5) is 0. The summed E-state index contributed by atoms with van der Waals surface area (Å²) in [5, 5.41) is -0.372. The number of methoxy groups -OCH3 is 1. The summed E-state index contributed by atoms with van der Waals surface area (Å²) in [6.45, 7) is 1.74. The molecule has 0 amide bonds. The van der Waals surface area contributed by atoms with Crippen molar-refractivity contribution in [1.82, 2.24) is 0 Å². The van der Waals surface area contributed by atoms with Crippen LogP contribution in [0.5, 0.6) is 0 Å². The summed E-state index contributed by atoms with van der Waals surface area (Å²) in [5.74, 6) is 0.453. The van der Waals surface area contributed by atoms with Gasteiger partial charge < -0.3 is 4.74 Å². The van der Waals surface area contributed by atoms with E-state index in [1.165, 1.54) is 12.7 Å². The predicted octanol–water partition coefficient (Wildman–Crippen LogP) is 1.23. The molecule has 13 heavy (non-hydrogen) atoms. The summed E-state index contributed by atoms with van der Waals surface area (Å²) in [7, 11) is -1.36. The molecule has 0 N–H and O–H groups in total. The molecule has 1 rings (SSSR count). The normalized spacial score (nSPS) is 23.6. The first-order chi connectivity index (χ1) is 5.96. The average molecular weight is 206 g/mol. The van der Waals surface area contributed by atoms with Gasteiger partial charge in [0.25, 0.3) is 0 Å². The molecular weight excluding hydrogens is 188 g/mol. The molecule has 0 aromatic carbocycles. The van der Waals surface area contributed by atoms with Gasteiger partial charge in [0.15, 0.2) is 9.84 Å². The first kappa shape index (κ1) is 11.0. The van der Waals surface area contributed by atoms with Crippen LogP contribution in [0.2, 0.25) is 0 Å². The van der Waals surface area contributed by atoms with Gasteiger partial charge in [-0.1, -0.05) is 6.42 Å². The molecule has 1 aliphatic rings. The fourth-order valence-electron chi connectivity index (χ4n) is 1.78. The van der Waals surface area contributed by atoms with Gasteiger partial charge in [-0.3, -0.25) is 0 Å². The lowest BCUT2D eigenvalue weighted by Gasteiger charge is -2.35. The van der Waals surface area contributed by atoms with Crippen molar-refractivity contribution in [2.75, 3.05) is 13.4 Å². The van der Waals surface area contributed by atoms with Crippen molar-refractivity contribution in [3.05, 3.63) is 0 Å². The zero-order valence-electron chi connectivity index (χ0n) is 8.49. The number of rotatable bonds is 4. The highest BCUT2D eigenvalue weighted by Gasteiger charge is 2.35. The molecule has 1 fully saturated rings. The summed E-state index contributed by atoms with van der Waals surface area (Å²) in [6.07, 6.45) is 4.60. The largest absolute Gasteiger partial charge is 0.380 e. The van der Waals surface area contributed by atoms with Gasteiger partial charge in [0, 0.05) is 13.4 Å². The lowest BCUT2D eigenvalue weighted by molar-refractivity contribution is 0.0194. The molecule has 0 heterocycles. The van der Waals surface area contributed by atoms with Crippen molar-refractivity contribution in [1.29, 1.82) is 0 Å². The Hall–Kier alpha value is -0.0900. The van der Waals surface area contributed by atoms with Gasteiger partial charge in [-0.2, -0.15) is 0 Å². The Balaban J connectivity index is 2.65. The van der Waals surface area contributed by atoms with Gasteiger partial charge in [-0.05, 0) is 25.7 Å². The van der Waals surface area contributed by atoms with E-state index in [1.807, 2.05) is 0 Å². The molecule has 0 spiro atoms. The fraction of sp³-hybridized carbons (Fsp3) is 1.00. The lowest BCUT2D eigenvalue weighted by atomic mass is 9.80. The maximum Gasteiger partial charge on any atom is 0.152 e. The van der Waals surface area contributed by atoms with Gasteiger partial charge in [0.05, 0.1) is 11.4 Å². The highest BCUT2D eigenvalue weighted by atomic mass is 32.2. The summed E-state index contributed by atoms with van der Waals surface area (Å²) < 4.78 is 27.9. The summed E-state index contributed by atoms with van der Waals surface area (Å²) >= 11 is 0. The van der Waals surface area contributed by atoms with Crippen molar-refractivity contribution in [2.24, 2.45) is 5.92 Å². The van der Waals surface area contributed by atoms with Crippen molar-refractivity contribution in [2.45, 2.75) is 37.5 Å². The van der Waals surface area contributed by atoms with Crippen LogP contribution in [0.1, 0.15) is 26.2 Å². The summed E-state index contributed by atoms with van der Waals surface area (Å²) in [5.41, 5.74) is 0. The number of hydrogen-bond acceptors (Lipinski definition) is 3. The van der Waals surface area contributed by atoms with E-state index < -0.39 is 9.84 Å². The van der Waals surface area contributed by atoms with Gasteiger partial charge in [-0.25, -0.2) is 8.42 Å². The number of sulfone groups is 1. The van der Waals surface area contributed by atoms with Gasteiger partial charge >= 0.3 is 0 Å². The van der Waals surface area contributed by atoms with E-state index in [2.05, 4.69) is 0 Å². The highest BCUT2D eigenvalue weighted by molar-refractivity contribution is 7.91. The molecule has 1 saturated carbocycles.